The van der Waals surface area contributed by atoms with Crippen molar-refractivity contribution in [3.63, 3.8) is 0 Å². The van der Waals surface area contributed by atoms with Crippen LogP contribution in [0.1, 0.15) is 5.69 Å². The van der Waals surface area contributed by atoms with Crippen molar-refractivity contribution >= 4 is 16.7 Å². The summed E-state index contributed by atoms with van der Waals surface area (Å²) in [5, 5.41) is 8.16. The van der Waals surface area contributed by atoms with E-state index < -0.39 is 11.0 Å². The third-order valence-electron chi connectivity index (χ3n) is 1.47. The van der Waals surface area contributed by atoms with Gasteiger partial charge in [0.05, 0.1) is 11.4 Å². The molecule has 0 aromatic carbocycles. The summed E-state index contributed by atoms with van der Waals surface area (Å²) in [4.78, 5) is 0. The van der Waals surface area contributed by atoms with Crippen LogP contribution in [0.5, 0.6) is 0 Å². The Labute approximate surface area is 72.0 Å². The number of aromatic amines is 1. The smallest absolute Gasteiger partial charge is 0.142 e. The molecule has 12 heavy (non-hydrogen) atoms. The fraction of sp³-hybridized carbons (Fsp3) is 0. The van der Waals surface area contributed by atoms with E-state index in [1.807, 2.05) is 12.1 Å². The van der Waals surface area contributed by atoms with Gasteiger partial charge in [-0.2, -0.15) is 5.10 Å². The fourth-order valence-electron chi connectivity index (χ4n) is 0.934. The van der Waals surface area contributed by atoms with Gasteiger partial charge in [-0.15, -0.1) is 0 Å². The van der Waals surface area contributed by atoms with Gasteiger partial charge in [0.25, 0.3) is 0 Å². The quantitative estimate of drug-likeness (QED) is 0.664. The molecule has 0 amide bonds. The zero-order valence-corrected chi connectivity index (χ0v) is 6.97. The van der Waals surface area contributed by atoms with Crippen molar-refractivity contribution in [1.29, 1.82) is 0 Å². The van der Waals surface area contributed by atoms with Gasteiger partial charge < -0.3 is 0 Å². The van der Waals surface area contributed by atoms with Crippen LogP contribution in [-0.4, -0.2) is 14.4 Å². The molecule has 1 aromatic heterocycles. The molecule has 0 saturated heterocycles. The molecule has 1 aliphatic heterocycles. The summed E-state index contributed by atoms with van der Waals surface area (Å²) in [6, 6.07) is 1.81. The number of H-pyrrole nitrogens is 1. The Morgan fingerprint density at radius 2 is 2.42 bits per heavy atom. The summed E-state index contributed by atoms with van der Waals surface area (Å²) < 4.78 is 13.8. The molecular formula is C7H7N3OS. The maximum atomic E-state index is 11.0. The molecule has 5 heteroatoms. The average molecular weight is 181 g/mol. The topological polar surface area (TPSA) is 57.8 Å². The molecule has 2 rings (SSSR count). The maximum Gasteiger partial charge on any atom is 0.142 e. The lowest BCUT2D eigenvalue weighted by atomic mass is 10.3. The number of allylic oxidation sites excluding steroid dienone is 2. The second-order valence-corrected chi connectivity index (χ2v) is 3.35. The van der Waals surface area contributed by atoms with Crippen LogP contribution >= 0.6 is 0 Å². The summed E-state index contributed by atoms with van der Waals surface area (Å²) in [6.45, 7) is 0. The lowest BCUT2D eigenvalue weighted by Crippen LogP contribution is -2.15. The molecule has 0 spiro atoms. The van der Waals surface area contributed by atoms with Crippen molar-refractivity contribution in [3.05, 3.63) is 35.5 Å². The number of hydrogen-bond acceptors (Lipinski definition) is 2. The number of nitrogens with one attached hydrogen (secondary N) is 2. The molecule has 62 valence electrons. The van der Waals surface area contributed by atoms with Crippen LogP contribution in [-0.2, 0) is 11.0 Å². The Morgan fingerprint density at radius 3 is 3.08 bits per heavy atom. The summed E-state index contributed by atoms with van der Waals surface area (Å²) in [7, 11) is -1.10. The van der Waals surface area contributed by atoms with E-state index in [9.17, 15) is 4.21 Å². The van der Waals surface area contributed by atoms with Gasteiger partial charge in [-0.25, -0.2) is 4.21 Å². The minimum atomic E-state index is -1.10. The van der Waals surface area contributed by atoms with Gasteiger partial charge in [-0.1, -0.05) is 0 Å². The Balaban J connectivity index is 2.31. The minimum Gasteiger partial charge on any atom is -0.299 e. The van der Waals surface area contributed by atoms with Gasteiger partial charge >= 0.3 is 0 Å². The second-order valence-electron chi connectivity index (χ2n) is 2.28. The molecule has 4 nitrogen and oxygen atoms in total. The minimum absolute atomic E-state index is 0.799. The molecule has 1 unspecified atom stereocenters. The van der Waals surface area contributed by atoms with Gasteiger partial charge in [-0.3, -0.25) is 9.82 Å². The van der Waals surface area contributed by atoms with E-state index in [-0.39, 0.29) is 0 Å². The highest BCUT2D eigenvalue weighted by atomic mass is 32.2. The number of aromatic nitrogens is 2. The van der Waals surface area contributed by atoms with Crippen LogP contribution in [0.4, 0.5) is 0 Å². The number of nitrogens with zero attached hydrogens (tertiary/aromatic N) is 1. The van der Waals surface area contributed by atoms with Crippen molar-refractivity contribution in [2.24, 2.45) is 0 Å². The first kappa shape index (κ1) is 7.30. The zero-order chi connectivity index (χ0) is 8.39. The van der Waals surface area contributed by atoms with E-state index in [4.69, 9.17) is 0 Å². The molecular weight excluding hydrogens is 174 g/mol. The van der Waals surface area contributed by atoms with Crippen LogP contribution in [0, 0.1) is 0 Å². The van der Waals surface area contributed by atoms with Crippen molar-refractivity contribution in [3.8, 4) is 0 Å². The highest BCUT2D eigenvalue weighted by Crippen LogP contribution is 2.11. The first-order valence-corrected chi connectivity index (χ1v) is 4.63. The van der Waals surface area contributed by atoms with E-state index in [2.05, 4.69) is 14.9 Å². The molecule has 0 radical (unpaired) electrons. The molecule has 2 N–H and O–H groups in total. The van der Waals surface area contributed by atoms with E-state index >= 15 is 0 Å². The van der Waals surface area contributed by atoms with Crippen LogP contribution in [0.2, 0.25) is 0 Å². The molecule has 0 aliphatic carbocycles. The fourth-order valence-corrected chi connectivity index (χ4v) is 1.62. The van der Waals surface area contributed by atoms with Crippen molar-refractivity contribution in [2.45, 2.75) is 0 Å². The third kappa shape index (κ3) is 1.31. The Morgan fingerprint density at radius 1 is 1.50 bits per heavy atom. The molecule has 2 heterocycles. The monoisotopic (exact) mass is 181 g/mol. The average Bonchev–Trinajstić information content (AvgIpc) is 2.56. The largest absolute Gasteiger partial charge is 0.299 e. The molecule has 0 bridgehead atoms. The van der Waals surface area contributed by atoms with Crippen molar-refractivity contribution < 1.29 is 4.21 Å². The standard InChI is InChI=1S/C7H7N3OS/c11-12-5-1-2-7(10-12)6-3-4-8-9-6/h1-5,10H,(H,8,9). The predicted molar refractivity (Wildman–Crippen MR) is 47.0 cm³/mol. The van der Waals surface area contributed by atoms with Crippen LogP contribution in [0.15, 0.2) is 29.8 Å². The van der Waals surface area contributed by atoms with Gasteiger partial charge in [0.2, 0.25) is 0 Å². The Kier molecular flexibility index (Phi) is 1.79. The first-order chi connectivity index (χ1) is 5.86. The van der Waals surface area contributed by atoms with Gasteiger partial charge in [0.1, 0.15) is 11.0 Å². The number of rotatable bonds is 1. The summed E-state index contributed by atoms with van der Waals surface area (Å²) in [6.07, 6.45) is 5.25. The van der Waals surface area contributed by atoms with Crippen molar-refractivity contribution in [1.82, 2.24) is 14.9 Å². The highest BCUT2D eigenvalue weighted by Gasteiger charge is 2.06. The molecule has 1 aromatic rings. The van der Waals surface area contributed by atoms with Gasteiger partial charge in [-0.05, 0) is 18.2 Å². The predicted octanol–water partition coefficient (Wildman–Crippen LogP) is 0.531. The molecule has 1 atom stereocenters. The summed E-state index contributed by atoms with van der Waals surface area (Å²) in [5.74, 6) is 0. The first-order valence-electron chi connectivity index (χ1n) is 3.42. The third-order valence-corrected chi connectivity index (χ3v) is 2.29. The van der Waals surface area contributed by atoms with E-state index in [0.717, 1.165) is 11.4 Å². The maximum absolute atomic E-state index is 11.0. The second kappa shape index (κ2) is 2.94. The number of hydrogen-bond donors (Lipinski definition) is 2. The van der Waals surface area contributed by atoms with Crippen LogP contribution in [0.3, 0.4) is 0 Å². The Bertz CT molecular complexity index is 353. The SMILES string of the molecule is O=S1C=CC=C(c2ccn[nH]2)N1. The summed E-state index contributed by atoms with van der Waals surface area (Å²) in [5.41, 5.74) is 1.64. The molecule has 1 aliphatic rings. The van der Waals surface area contributed by atoms with Crippen molar-refractivity contribution in [2.75, 3.05) is 0 Å². The normalized spacial score (nSPS) is 21.7. The lowest BCUT2D eigenvalue weighted by molar-refractivity contribution is 0.685. The molecule has 0 fully saturated rings. The van der Waals surface area contributed by atoms with Crippen LogP contribution < -0.4 is 4.72 Å². The summed E-state index contributed by atoms with van der Waals surface area (Å²) >= 11 is 0. The van der Waals surface area contributed by atoms with Gasteiger partial charge in [0, 0.05) is 11.6 Å². The zero-order valence-electron chi connectivity index (χ0n) is 6.15. The lowest BCUT2D eigenvalue weighted by Gasteiger charge is -2.08. The Hall–Kier alpha value is -1.36. The van der Waals surface area contributed by atoms with E-state index in [0.29, 0.717) is 0 Å². The van der Waals surface area contributed by atoms with E-state index in [1.54, 1.807) is 17.7 Å². The highest BCUT2D eigenvalue weighted by molar-refractivity contribution is 7.86. The van der Waals surface area contributed by atoms with Crippen LogP contribution in [0.25, 0.3) is 5.70 Å². The molecule has 0 saturated carbocycles. The van der Waals surface area contributed by atoms with E-state index in [1.165, 1.54) is 0 Å². The van der Waals surface area contributed by atoms with Gasteiger partial charge in [0.15, 0.2) is 0 Å².